The van der Waals surface area contributed by atoms with Crippen molar-refractivity contribution < 1.29 is 8.42 Å². The Bertz CT molecular complexity index is 568. The van der Waals surface area contributed by atoms with Gasteiger partial charge in [-0.1, -0.05) is 44.7 Å². The van der Waals surface area contributed by atoms with Crippen molar-refractivity contribution in [2.75, 3.05) is 13.3 Å². The third-order valence-corrected chi connectivity index (χ3v) is 5.99. The lowest BCUT2D eigenvalue weighted by atomic mass is 9.72. The zero-order chi connectivity index (χ0) is 15.5. The maximum atomic E-state index is 11.8. The number of sulfone groups is 1. The average Bonchev–Trinajstić information content (AvgIpc) is 2.48. The summed E-state index contributed by atoms with van der Waals surface area (Å²) in [6, 6.07) is 7.69. The second-order valence-electron chi connectivity index (χ2n) is 6.23. The summed E-state index contributed by atoms with van der Waals surface area (Å²) in [5.41, 5.74) is 1.10. The van der Waals surface area contributed by atoms with Crippen LogP contribution in [-0.4, -0.2) is 21.7 Å². The highest BCUT2D eigenvalue weighted by Gasteiger charge is 2.31. The second-order valence-corrected chi connectivity index (χ2v) is 8.24. The number of hydrogen-bond acceptors (Lipinski definition) is 3. The fourth-order valence-corrected chi connectivity index (χ4v) is 4.42. The maximum absolute atomic E-state index is 11.8. The van der Waals surface area contributed by atoms with Gasteiger partial charge in [-0.2, -0.15) is 0 Å². The minimum Gasteiger partial charge on any atom is -0.313 e. The number of hydrogen-bond donors (Lipinski definition) is 1. The molecule has 1 aromatic rings. The normalized spacial score (nSPS) is 24.7. The molecule has 0 bridgehead atoms. The van der Waals surface area contributed by atoms with Gasteiger partial charge in [-0.15, -0.1) is 0 Å². The first-order chi connectivity index (χ1) is 9.97. The van der Waals surface area contributed by atoms with Crippen LogP contribution < -0.4 is 5.32 Å². The molecule has 1 N–H and O–H groups in total. The summed E-state index contributed by atoms with van der Waals surface area (Å²) >= 11 is 0. The largest absolute Gasteiger partial charge is 0.313 e. The van der Waals surface area contributed by atoms with Crippen LogP contribution in [0.15, 0.2) is 29.2 Å². The molecule has 0 amide bonds. The molecule has 0 saturated heterocycles. The molecule has 3 nitrogen and oxygen atoms in total. The van der Waals surface area contributed by atoms with Crippen molar-refractivity contribution in [2.24, 2.45) is 11.8 Å². The van der Waals surface area contributed by atoms with Gasteiger partial charge in [0.2, 0.25) is 0 Å². The molecule has 1 aliphatic rings. The molecule has 0 aliphatic heterocycles. The van der Waals surface area contributed by atoms with E-state index in [0.29, 0.717) is 10.8 Å². The molecule has 1 saturated carbocycles. The third kappa shape index (κ3) is 3.86. The molecule has 0 heterocycles. The molecule has 0 radical (unpaired) electrons. The molecule has 4 heteroatoms. The van der Waals surface area contributed by atoms with Gasteiger partial charge in [-0.3, -0.25) is 0 Å². The van der Waals surface area contributed by atoms with Gasteiger partial charge in [0.05, 0.1) is 4.90 Å². The fourth-order valence-electron chi connectivity index (χ4n) is 3.75. The van der Waals surface area contributed by atoms with Crippen molar-refractivity contribution >= 4 is 9.84 Å². The lowest BCUT2D eigenvalue weighted by Crippen LogP contribution is -2.32. The highest BCUT2D eigenvalue weighted by molar-refractivity contribution is 7.90. The highest BCUT2D eigenvalue weighted by atomic mass is 32.2. The second kappa shape index (κ2) is 6.93. The molecule has 21 heavy (non-hydrogen) atoms. The van der Waals surface area contributed by atoms with E-state index in [4.69, 9.17) is 0 Å². The summed E-state index contributed by atoms with van der Waals surface area (Å²) in [6.07, 6.45) is 7.61. The zero-order valence-electron chi connectivity index (χ0n) is 13.3. The van der Waals surface area contributed by atoms with Gasteiger partial charge < -0.3 is 5.32 Å². The first-order valence-corrected chi connectivity index (χ1v) is 9.83. The van der Waals surface area contributed by atoms with Crippen LogP contribution in [0.3, 0.4) is 0 Å². The Morgan fingerprint density at radius 1 is 1.29 bits per heavy atom. The Kier molecular flexibility index (Phi) is 5.44. The SMILES string of the molecule is CCC1CCCCC1C(NC)c1cccc(S(C)(=O)=O)c1. The Hall–Kier alpha value is -0.870. The van der Waals surface area contributed by atoms with E-state index in [1.165, 1.54) is 38.4 Å². The molecule has 1 aliphatic carbocycles. The van der Waals surface area contributed by atoms with Gasteiger partial charge in [0.25, 0.3) is 0 Å². The maximum Gasteiger partial charge on any atom is 0.175 e. The van der Waals surface area contributed by atoms with Crippen LogP contribution in [0.1, 0.15) is 50.6 Å². The van der Waals surface area contributed by atoms with Crippen LogP contribution in [0.2, 0.25) is 0 Å². The Labute approximate surface area is 129 Å². The highest BCUT2D eigenvalue weighted by Crippen LogP contribution is 2.40. The quantitative estimate of drug-likeness (QED) is 0.904. The van der Waals surface area contributed by atoms with E-state index in [9.17, 15) is 8.42 Å². The lowest BCUT2D eigenvalue weighted by Gasteiger charge is -2.37. The first-order valence-electron chi connectivity index (χ1n) is 7.94. The predicted octanol–water partition coefficient (Wildman–Crippen LogP) is 3.57. The van der Waals surface area contributed by atoms with Crippen molar-refractivity contribution in [3.8, 4) is 0 Å². The zero-order valence-corrected chi connectivity index (χ0v) is 14.1. The van der Waals surface area contributed by atoms with Crippen LogP contribution in [0.4, 0.5) is 0 Å². The number of nitrogens with one attached hydrogen (secondary N) is 1. The number of rotatable bonds is 5. The van der Waals surface area contributed by atoms with E-state index in [-0.39, 0.29) is 6.04 Å². The Morgan fingerprint density at radius 3 is 2.62 bits per heavy atom. The van der Waals surface area contributed by atoms with Crippen molar-refractivity contribution in [3.05, 3.63) is 29.8 Å². The molecular formula is C17H27NO2S. The summed E-state index contributed by atoms with van der Waals surface area (Å²) in [7, 11) is -1.16. The number of benzene rings is 1. The van der Waals surface area contributed by atoms with Crippen LogP contribution in [0.25, 0.3) is 0 Å². The Morgan fingerprint density at radius 2 is 2.00 bits per heavy atom. The summed E-state index contributed by atoms with van der Waals surface area (Å²) in [5, 5.41) is 3.44. The standard InChI is InChI=1S/C17H27NO2S/c1-4-13-8-5-6-11-16(13)17(18-2)14-9-7-10-15(12-14)21(3,19)20/h7,9-10,12-13,16-18H,4-6,8,11H2,1-3H3. The topological polar surface area (TPSA) is 46.2 Å². The molecule has 1 aromatic carbocycles. The van der Waals surface area contributed by atoms with E-state index in [1.54, 1.807) is 6.07 Å². The van der Waals surface area contributed by atoms with Crippen molar-refractivity contribution in [1.29, 1.82) is 0 Å². The Balaban J connectivity index is 2.32. The monoisotopic (exact) mass is 309 g/mol. The molecule has 2 rings (SSSR count). The van der Waals surface area contributed by atoms with Gasteiger partial charge in [0, 0.05) is 12.3 Å². The van der Waals surface area contributed by atoms with Crippen LogP contribution in [0.5, 0.6) is 0 Å². The van der Waals surface area contributed by atoms with Crippen molar-refractivity contribution in [1.82, 2.24) is 5.32 Å². The predicted molar refractivity (Wildman–Crippen MR) is 87.1 cm³/mol. The van der Waals surface area contributed by atoms with E-state index in [1.807, 2.05) is 19.2 Å². The van der Waals surface area contributed by atoms with Crippen molar-refractivity contribution in [3.63, 3.8) is 0 Å². The fraction of sp³-hybridized carbons (Fsp3) is 0.647. The molecule has 1 fully saturated rings. The third-order valence-electron chi connectivity index (χ3n) is 4.88. The van der Waals surface area contributed by atoms with E-state index < -0.39 is 9.84 Å². The van der Waals surface area contributed by atoms with Crippen LogP contribution in [0, 0.1) is 11.8 Å². The molecule has 0 spiro atoms. The molecule has 118 valence electrons. The average molecular weight is 309 g/mol. The van der Waals surface area contributed by atoms with Crippen LogP contribution in [-0.2, 0) is 9.84 Å². The van der Waals surface area contributed by atoms with E-state index >= 15 is 0 Å². The summed E-state index contributed by atoms with van der Waals surface area (Å²) < 4.78 is 23.5. The van der Waals surface area contributed by atoms with Crippen LogP contribution >= 0.6 is 0 Å². The van der Waals surface area contributed by atoms with Crippen molar-refractivity contribution in [2.45, 2.75) is 50.0 Å². The van der Waals surface area contributed by atoms with E-state index in [0.717, 1.165) is 11.5 Å². The molecule has 3 atom stereocenters. The van der Waals surface area contributed by atoms with Gasteiger partial charge in [0.15, 0.2) is 9.84 Å². The summed E-state index contributed by atoms with van der Waals surface area (Å²) in [4.78, 5) is 0.420. The van der Waals surface area contributed by atoms with Gasteiger partial charge >= 0.3 is 0 Å². The smallest absolute Gasteiger partial charge is 0.175 e. The minimum absolute atomic E-state index is 0.247. The molecule has 0 aromatic heterocycles. The lowest BCUT2D eigenvalue weighted by molar-refractivity contribution is 0.180. The summed E-state index contributed by atoms with van der Waals surface area (Å²) in [5.74, 6) is 1.33. The van der Waals surface area contributed by atoms with E-state index in [2.05, 4.69) is 18.3 Å². The molecule has 3 unspecified atom stereocenters. The van der Waals surface area contributed by atoms with Gasteiger partial charge in [-0.05, 0) is 43.0 Å². The first kappa shape index (κ1) is 16.5. The van der Waals surface area contributed by atoms with Gasteiger partial charge in [-0.25, -0.2) is 8.42 Å². The minimum atomic E-state index is -3.14. The summed E-state index contributed by atoms with van der Waals surface area (Å²) in [6.45, 7) is 2.27. The van der Waals surface area contributed by atoms with Gasteiger partial charge in [0.1, 0.15) is 0 Å². The molecular weight excluding hydrogens is 282 g/mol.